The molecule has 1 heterocycles. The molecule has 0 aromatic heterocycles. The number of ketones is 1. The van der Waals surface area contributed by atoms with Gasteiger partial charge in [-0.05, 0) is 40.0 Å². The van der Waals surface area contributed by atoms with E-state index in [-0.39, 0.29) is 35.6 Å². The number of ether oxygens (including phenoxy) is 4. The van der Waals surface area contributed by atoms with Crippen LogP contribution in [0.4, 0.5) is 0 Å². The molecule has 0 spiro atoms. The maximum atomic E-state index is 14.5. The normalized spacial score (nSPS) is 43.5. The number of carbonyl (C=O) groups excluding carboxylic acids is 5. The van der Waals surface area contributed by atoms with Crippen molar-refractivity contribution in [3.63, 3.8) is 0 Å². The Labute approximate surface area is 228 Å². The van der Waals surface area contributed by atoms with Crippen molar-refractivity contribution in [1.29, 1.82) is 0 Å². The topological polar surface area (TPSA) is 122 Å². The van der Waals surface area contributed by atoms with Gasteiger partial charge in [0.15, 0.2) is 11.2 Å². The van der Waals surface area contributed by atoms with Gasteiger partial charge in [-0.1, -0.05) is 32.4 Å². The van der Waals surface area contributed by atoms with Crippen molar-refractivity contribution in [3.8, 4) is 0 Å². The number of rotatable bonds is 3. The van der Waals surface area contributed by atoms with E-state index in [1.165, 1.54) is 21.0 Å². The summed E-state index contributed by atoms with van der Waals surface area (Å²) in [6, 6.07) is 0. The summed E-state index contributed by atoms with van der Waals surface area (Å²) in [6.07, 6.45) is 2.02. The molecule has 39 heavy (non-hydrogen) atoms. The Kier molecular flexibility index (Phi) is 5.69. The molecule has 8 atom stereocenters. The summed E-state index contributed by atoms with van der Waals surface area (Å²) in [5.74, 6) is -3.21. The lowest BCUT2D eigenvalue weighted by Gasteiger charge is -2.66. The standard InChI is InChI=1S/C30H38O9/c1-14-12-19-27(7,30(25(35)36-9)22(33)15(2)23(28(14,30)8)38-17(4)32)13-18-21-26(5,6)20(37-16(3)31)10-11-29(19,21)24(34)39-18/h12,18-21H,10-11,13H2,1-9H3/t18-,19+,20-,21+,27-,28-,29+,30+/m0/s1. The van der Waals surface area contributed by atoms with E-state index in [1.807, 2.05) is 33.8 Å². The minimum Gasteiger partial charge on any atom is -0.468 e. The van der Waals surface area contributed by atoms with Gasteiger partial charge < -0.3 is 18.9 Å². The molecular formula is C30H38O9. The van der Waals surface area contributed by atoms with Crippen LogP contribution in [0.5, 0.6) is 0 Å². The quantitative estimate of drug-likeness (QED) is 0.227. The van der Waals surface area contributed by atoms with Gasteiger partial charge in [-0.25, -0.2) is 0 Å². The predicted octanol–water partition coefficient (Wildman–Crippen LogP) is 3.84. The molecule has 212 valence electrons. The van der Waals surface area contributed by atoms with Gasteiger partial charge in [0.25, 0.3) is 0 Å². The Bertz CT molecular complexity index is 1290. The smallest absolute Gasteiger partial charge is 0.321 e. The summed E-state index contributed by atoms with van der Waals surface area (Å²) in [5, 5.41) is 0. The third-order valence-corrected chi connectivity index (χ3v) is 11.2. The molecule has 2 saturated carbocycles. The third-order valence-electron chi connectivity index (χ3n) is 11.2. The molecule has 1 aliphatic heterocycles. The highest BCUT2D eigenvalue weighted by Crippen LogP contribution is 2.79. The van der Waals surface area contributed by atoms with Crippen molar-refractivity contribution in [2.45, 2.75) is 86.9 Å². The van der Waals surface area contributed by atoms with E-state index < -0.39 is 62.9 Å². The minimum atomic E-state index is -1.78. The fourth-order valence-electron chi connectivity index (χ4n) is 9.88. The zero-order valence-corrected chi connectivity index (χ0v) is 24.2. The number of methoxy groups -OCH3 is 1. The van der Waals surface area contributed by atoms with Gasteiger partial charge in [-0.2, -0.15) is 0 Å². The highest BCUT2D eigenvalue weighted by atomic mass is 16.6. The number of allylic oxidation sites excluding steroid dienone is 3. The number of carbonyl (C=O) groups is 5. The lowest BCUT2D eigenvalue weighted by Crippen LogP contribution is -2.71. The molecule has 9 nitrogen and oxygen atoms in total. The van der Waals surface area contributed by atoms with Gasteiger partial charge >= 0.3 is 23.9 Å². The molecule has 1 saturated heterocycles. The van der Waals surface area contributed by atoms with Crippen LogP contribution in [0.1, 0.15) is 74.7 Å². The van der Waals surface area contributed by atoms with E-state index in [0.29, 0.717) is 18.4 Å². The second-order valence-electron chi connectivity index (χ2n) is 13.1. The average Bonchev–Trinajstić information content (AvgIpc) is 3.17. The molecule has 0 radical (unpaired) electrons. The van der Waals surface area contributed by atoms with E-state index in [9.17, 15) is 24.0 Å². The number of hydrogen-bond donors (Lipinski definition) is 0. The molecule has 3 fully saturated rings. The van der Waals surface area contributed by atoms with Crippen LogP contribution in [-0.2, 0) is 42.9 Å². The summed E-state index contributed by atoms with van der Waals surface area (Å²) in [7, 11) is 1.25. The highest BCUT2D eigenvalue weighted by Gasteiger charge is 2.85. The van der Waals surface area contributed by atoms with Crippen LogP contribution < -0.4 is 0 Å². The van der Waals surface area contributed by atoms with Crippen LogP contribution in [0.15, 0.2) is 23.0 Å². The largest absolute Gasteiger partial charge is 0.468 e. The summed E-state index contributed by atoms with van der Waals surface area (Å²) in [4.78, 5) is 66.7. The van der Waals surface area contributed by atoms with E-state index in [1.54, 1.807) is 13.8 Å². The zero-order chi connectivity index (χ0) is 29.1. The van der Waals surface area contributed by atoms with E-state index in [0.717, 1.165) is 0 Å². The van der Waals surface area contributed by atoms with Gasteiger partial charge in [-0.15, -0.1) is 0 Å². The Hall–Kier alpha value is -2.97. The monoisotopic (exact) mass is 542 g/mol. The fraction of sp³-hybridized carbons (Fsp3) is 0.700. The first-order valence-electron chi connectivity index (χ1n) is 13.6. The maximum absolute atomic E-state index is 14.5. The third kappa shape index (κ3) is 2.84. The number of Topliss-reactive ketones (excluding diaryl/α,β-unsaturated/α-hetero) is 1. The zero-order valence-electron chi connectivity index (χ0n) is 24.2. The highest BCUT2D eigenvalue weighted by molar-refractivity contribution is 6.17. The van der Waals surface area contributed by atoms with Crippen molar-refractivity contribution in [3.05, 3.63) is 23.0 Å². The van der Waals surface area contributed by atoms with Crippen molar-refractivity contribution < 1.29 is 42.9 Å². The molecule has 9 heteroatoms. The Balaban J connectivity index is 1.79. The first-order valence-corrected chi connectivity index (χ1v) is 13.6. The lowest BCUT2D eigenvalue weighted by atomic mass is 9.33. The van der Waals surface area contributed by atoms with Crippen molar-refractivity contribution in [2.24, 2.45) is 38.9 Å². The van der Waals surface area contributed by atoms with Gasteiger partial charge in [0, 0.05) is 42.1 Å². The predicted molar refractivity (Wildman–Crippen MR) is 136 cm³/mol. The Morgan fingerprint density at radius 1 is 1.03 bits per heavy atom. The molecule has 5 rings (SSSR count). The number of hydrogen-bond acceptors (Lipinski definition) is 9. The summed E-state index contributed by atoms with van der Waals surface area (Å²) < 4.78 is 23.0. The van der Waals surface area contributed by atoms with Crippen molar-refractivity contribution in [2.75, 3.05) is 7.11 Å². The van der Waals surface area contributed by atoms with Gasteiger partial charge in [0.1, 0.15) is 18.0 Å². The second kappa shape index (κ2) is 8.04. The Morgan fingerprint density at radius 3 is 2.23 bits per heavy atom. The van der Waals surface area contributed by atoms with Crippen LogP contribution in [-0.4, -0.2) is 49.0 Å². The van der Waals surface area contributed by atoms with Crippen LogP contribution in [0.3, 0.4) is 0 Å². The molecule has 5 aliphatic rings. The molecule has 4 aliphatic carbocycles. The first-order chi connectivity index (χ1) is 18.0. The second-order valence-corrected chi connectivity index (χ2v) is 13.1. The SMILES string of the molecule is COC(=O)[C@@]12C(=O)C(C)=C(OC(C)=O)[C@]1(C)C(C)=C[C@H]1[C@]34CC[C@H](OC(C)=O)C(C)(C)[C@H]3[C@H](C[C@@]12C)OC4=O. The van der Waals surface area contributed by atoms with Crippen LogP contribution >= 0.6 is 0 Å². The van der Waals surface area contributed by atoms with Gasteiger partial charge in [0.05, 0.1) is 17.9 Å². The molecule has 0 N–H and O–H groups in total. The molecule has 0 aromatic rings. The Morgan fingerprint density at radius 2 is 1.67 bits per heavy atom. The van der Waals surface area contributed by atoms with Crippen molar-refractivity contribution in [1.82, 2.24) is 0 Å². The first kappa shape index (κ1) is 27.6. The van der Waals surface area contributed by atoms with Crippen LogP contribution in [0.25, 0.3) is 0 Å². The number of fused-ring (bicyclic) bond motifs is 3. The summed E-state index contributed by atoms with van der Waals surface area (Å²) >= 11 is 0. The molecule has 2 bridgehead atoms. The minimum absolute atomic E-state index is 0.150. The van der Waals surface area contributed by atoms with Gasteiger partial charge in [-0.3, -0.25) is 24.0 Å². The molecule has 0 aromatic carbocycles. The summed E-state index contributed by atoms with van der Waals surface area (Å²) in [6.45, 7) is 13.7. The average molecular weight is 543 g/mol. The van der Waals surface area contributed by atoms with E-state index in [2.05, 4.69) is 0 Å². The van der Waals surface area contributed by atoms with Crippen LogP contribution in [0, 0.1) is 38.9 Å². The number of esters is 4. The van der Waals surface area contributed by atoms with E-state index >= 15 is 0 Å². The molecular weight excluding hydrogens is 504 g/mol. The van der Waals surface area contributed by atoms with Crippen molar-refractivity contribution >= 4 is 29.7 Å². The molecule has 0 unspecified atom stereocenters. The summed E-state index contributed by atoms with van der Waals surface area (Å²) in [5.41, 5.74) is -5.01. The maximum Gasteiger partial charge on any atom is 0.321 e. The lowest BCUT2D eigenvalue weighted by molar-refractivity contribution is -0.217. The molecule has 0 amide bonds. The van der Waals surface area contributed by atoms with Crippen LogP contribution in [0.2, 0.25) is 0 Å². The fourth-order valence-corrected chi connectivity index (χ4v) is 9.88. The van der Waals surface area contributed by atoms with Gasteiger partial charge in [0.2, 0.25) is 0 Å². The van der Waals surface area contributed by atoms with E-state index in [4.69, 9.17) is 18.9 Å².